The van der Waals surface area contributed by atoms with Gasteiger partial charge in [0.1, 0.15) is 5.25 Å². The lowest BCUT2D eigenvalue weighted by atomic mass is 10.1. The lowest BCUT2D eigenvalue weighted by Crippen LogP contribution is -2.40. The minimum Gasteiger partial charge on any atom is -0.326 e. The molecule has 0 saturated carbocycles. The molecule has 0 spiro atoms. The molecule has 0 aliphatic carbocycles. The second-order valence-corrected chi connectivity index (χ2v) is 11.1. The molecular formula is C27H30BrN5O3S. The summed E-state index contributed by atoms with van der Waals surface area (Å²) in [6.45, 7) is 5.87. The quantitative estimate of drug-likeness (QED) is 0.384. The van der Waals surface area contributed by atoms with E-state index in [9.17, 15) is 14.4 Å². The Morgan fingerprint density at radius 2 is 1.81 bits per heavy atom. The molecule has 1 saturated heterocycles. The summed E-state index contributed by atoms with van der Waals surface area (Å²) in [6.07, 6.45) is 1.68. The normalized spacial score (nSPS) is 17.4. The summed E-state index contributed by atoms with van der Waals surface area (Å²) < 4.78 is 4.25. The molecule has 3 aromatic rings. The van der Waals surface area contributed by atoms with Gasteiger partial charge in [0, 0.05) is 29.7 Å². The van der Waals surface area contributed by atoms with Crippen LogP contribution in [0.25, 0.3) is 5.69 Å². The van der Waals surface area contributed by atoms with Crippen molar-refractivity contribution in [1.29, 1.82) is 0 Å². The molecule has 37 heavy (non-hydrogen) atoms. The second-order valence-electron chi connectivity index (χ2n) is 9.02. The number of amides is 2. The van der Waals surface area contributed by atoms with Crippen LogP contribution in [0.2, 0.25) is 0 Å². The van der Waals surface area contributed by atoms with Crippen molar-refractivity contribution < 1.29 is 9.59 Å². The van der Waals surface area contributed by atoms with Gasteiger partial charge in [-0.3, -0.25) is 24.0 Å². The Labute approximate surface area is 228 Å². The van der Waals surface area contributed by atoms with E-state index in [0.717, 1.165) is 23.0 Å². The molecule has 1 aromatic heterocycles. The second kappa shape index (κ2) is 11.5. The number of carbonyl (C=O) groups is 2. The van der Waals surface area contributed by atoms with Crippen molar-refractivity contribution in [1.82, 2.24) is 14.3 Å². The number of rotatable bonds is 8. The highest BCUT2D eigenvalue weighted by Gasteiger charge is 2.41. The Bertz CT molecular complexity index is 1380. The van der Waals surface area contributed by atoms with Gasteiger partial charge >= 0.3 is 0 Å². The summed E-state index contributed by atoms with van der Waals surface area (Å²) in [7, 11) is 1.81. The van der Waals surface area contributed by atoms with Crippen molar-refractivity contribution in [2.45, 2.75) is 51.3 Å². The number of hydrogen-bond acceptors (Lipinski definition) is 5. The highest BCUT2D eigenvalue weighted by Crippen LogP contribution is 2.34. The molecule has 2 heterocycles. The van der Waals surface area contributed by atoms with Crippen molar-refractivity contribution >= 4 is 56.0 Å². The van der Waals surface area contributed by atoms with Gasteiger partial charge in [-0.25, -0.2) is 9.67 Å². The molecular weight excluding hydrogens is 554 g/mol. The standard InChI is InChI=1S/C27H30BrN5O3S/c1-5-9-17(2)32-25(35)22(16-23(34)29-20-14-12-19(28)13-15-20)37-27(32)30-24-18(3)31(4)33(26(24)36)21-10-7-6-8-11-21/h6-8,10-15,17,22H,5,9,16H2,1-4H3,(H,29,34)/t17-,22+/m1/s1. The Kier molecular flexibility index (Phi) is 8.39. The number of aliphatic imine (C=N–C) groups is 1. The average molecular weight is 585 g/mol. The van der Waals surface area contributed by atoms with Crippen LogP contribution < -0.4 is 10.9 Å². The minimum atomic E-state index is -0.617. The molecule has 10 heteroatoms. The molecule has 0 bridgehead atoms. The lowest BCUT2D eigenvalue weighted by Gasteiger charge is -2.24. The van der Waals surface area contributed by atoms with E-state index in [4.69, 9.17) is 4.99 Å². The van der Waals surface area contributed by atoms with Crippen molar-refractivity contribution in [3.63, 3.8) is 0 Å². The van der Waals surface area contributed by atoms with Gasteiger partial charge in [0.15, 0.2) is 10.9 Å². The first kappa shape index (κ1) is 26.9. The third kappa shape index (κ3) is 5.75. The minimum absolute atomic E-state index is 0.00987. The van der Waals surface area contributed by atoms with E-state index in [2.05, 4.69) is 28.2 Å². The first-order valence-electron chi connectivity index (χ1n) is 12.2. The maximum Gasteiger partial charge on any atom is 0.297 e. The number of amidine groups is 1. The van der Waals surface area contributed by atoms with Gasteiger partial charge in [-0.15, -0.1) is 0 Å². The fourth-order valence-corrected chi connectivity index (χ4v) is 5.83. The smallest absolute Gasteiger partial charge is 0.297 e. The molecule has 2 atom stereocenters. The largest absolute Gasteiger partial charge is 0.326 e. The molecule has 2 aromatic carbocycles. The zero-order chi connectivity index (χ0) is 26.7. The Morgan fingerprint density at radius 1 is 1.14 bits per heavy atom. The predicted octanol–water partition coefficient (Wildman–Crippen LogP) is 5.40. The van der Waals surface area contributed by atoms with Crippen molar-refractivity contribution in [3.05, 3.63) is 75.1 Å². The summed E-state index contributed by atoms with van der Waals surface area (Å²) in [6, 6.07) is 16.5. The Balaban J connectivity index is 1.65. The van der Waals surface area contributed by atoms with Crippen LogP contribution in [-0.4, -0.2) is 42.5 Å². The number of para-hydroxylation sites is 1. The molecule has 1 aliphatic heterocycles. The molecule has 2 amide bonds. The highest BCUT2D eigenvalue weighted by atomic mass is 79.9. The number of aromatic nitrogens is 2. The topological polar surface area (TPSA) is 88.7 Å². The summed E-state index contributed by atoms with van der Waals surface area (Å²) in [5.74, 6) is -0.410. The van der Waals surface area contributed by atoms with E-state index in [1.807, 2.05) is 63.4 Å². The maximum absolute atomic E-state index is 13.5. The van der Waals surface area contributed by atoms with Crippen LogP contribution in [0.15, 0.2) is 68.9 Å². The van der Waals surface area contributed by atoms with Gasteiger partial charge in [0.25, 0.3) is 5.56 Å². The molecule has 1 aliphatic rings. The zero-order valence-electron chi connectivity index (χ0n) is 21.3. The maximum atomic E-state index is 13.5. The van der Waals surface area contributed by atoms with Crippen LogP contribution in [-0.2, 0) is 16.6 Å². The Hall–Kier alpha value is -3.11. The van der Waals surface area contributed by atoms with E-state index in [0.29, 0.717) is 16.5 Å². The number of anilines is 1. The summed E-state index contributed by atoms with van der Waals surface area (Å²) in [4.78, 5) is 46.1. The van der Waals surface area contributed by atoms with Crippen LogP contribution in [0.5, 0.6) is 0 Å². The number of hydrogen-bond donors (Lipinski definition) is 1. The summed E-state index contributed by atoms with van der Waals surface area (Å²) in [5, 5.41) is 2.70. The summed E-state index contributed by atoms with van der Waals surface area (Å²) >= 11 is 4.63. The molecule has 4 rings (SSSR count). The molecule has 8 nitrogen and oxygen atoms in total. The summed E-state index contributed by atoms with van der Waals surface area (Å²) in [5.41, 5.74) is 2.11. The van der Waals surface area contributed by atoms with Gasteiger partial charge in [0.2, 0.25) is 11.8 Å². The molecule has 1 N–H and O–H groups in total. The molecule has 194 valence electrons. The van der Waals surface area contributed by atoms with E-state index in [1.54, 1.807) is 26.4 Å². The number of halogens is 1. The first-order chi connectivity index (χ1) is 17.7. The fraction of sp³-hybridized carbons (Fsp3) is 0.333. The predicted molar refractivity (Wildman–Crippen MR) is 153 cm³/mol. The first-order valence-corrected chi connectivity index (χ1v) is 13.9. The van der Waals surface area contributed by atoms with Crippen LogP contribution in [0.3, 0.4) is 0 Å². The van der Waals surface area contributed by atoms with Gasteiger partial charge < -0.3 is 5.32 Å². The number of carbonyl (C=O) groups excluding carboxylic acids is 2. The fourth-order valence-electron chi connectivity index (χ4n) is 4.34. The van der Waals surface area contributed by atoms with Gasteiger partial charge in [-0.1, -0.05) is 59.2 Å². The van der Waals surface area contributed by atoms with Crippen LogP contribution >= 0.6 is 27.7 Å². The average Bonchev–Trinajstić information content (AvgIpc) is 3.28. The number of nitrogens with zero attached hydrogens (tertiary/aromatic N) is 4. The van der Waals surface area contributed by atoms with Crippen molar-refractivity contribution in [2.24, 2.45) is 12.0 Å². The SMILES string of the molecule is CCC[C@@H](C)N1C(=O)[C@H](CC(=O)Nc2ccc(Br)cc2)SC1=Nc1c(C)n(C)n(-c2ccccc2)c1=O. The van der Waals surface area contributed by atoms with Gasteiger partial charge in [0.05, 0.1) is 11.4 Å². The highest BCUT2D eigenvalue weighted by molar-refractivity contribution is 9.10. The third-order valence-electron chi connectivity index (χ3n) is 6.34. The number of nitrogens with one attached hydrogen (secondary N) is 1. The molecule has 0 unspecified atom stereocenters. The lowest BCUT2D eigenvalue weighted by molar-refractivity contribution is -0.129. The van der Waals surface area contributed by atoms with Crippen molar-refractivity contribution in [3.8, 4) is 5.69 Å². The van der Waals surface area contributed by atoms with Crippen LogP contribution in [0.1, 0.15) is 38.8 Å². The third-order valence-corrected chi connectivity index (χ3v) is 8.02. The number of thioether (sulfide) groups is 1. The van der Waals surface area contributed by atoms with E-state index in [-0.39, 0.29) is 35.5 Å². The van der Waals surface area contributed by atoms with E-state index in [1.165, 1.54) is 11.8 Å². The molecule has 0 radical (unpaired) electrons. The monoisotopic (exact) mass is 583 g/mol. The Morgan fingerprint density at radius 3 is 2.46 bits per heavy atom. The van der Waals surface area contributed by atoms with E-state index < -0.39 is 5.25 Å². The van der Waals surface area contributed by atoms with Crippen LogP contribution in [0.4, 0.5) is 11.4 Å². The van der Waals surface area contributed by atoms with Crippen molar-refractivity contribution in [2.75, 3.05) is 5.32 Å². The van der Waals surface area contributed by atoms with Gasteiger partial charge in [-0.2, -0.15) is 0 Å². The van der Waals surface area contributed by atoms with Gasteiger partial charge in [-0.05, 0) is 56.7 Å². The van der Waals surface area contributed by atoms with Crippen LogP contribution in [0, 0.1) is 6.92 Å². The number of benzene rings is 2. The van der Waals surface area contributed by atoms with E-state index >= 15 is 0 Å². The zero-order valence-corrected chi connectivity index (χ0v) is 23.7. The molecule has 1 fully saturated rings.